The van der Waals surface area contributed by atoms with Crippen molar-refractivity contribution >= 4 is 39.6 Å². The van der Waals surface area contributed by atoms with E-state index in [1.165, 1.54) is 20.4 Å². The van der Waals surface area contributed by atoms with Gasteiger partial charge in [0.25, 0.3) is 10.2 Å². The van der Waals surface area contributed by atoms with Crippen LogP contribution in [0, 0.1) is 6.92 Å². The fourth-order valence-electron chi connectivity index (χ4n) is 3.37. The van der Waals surface area contributed by atoms with Crippen LogP contribution >= 0.6 is 11.8 Å². The van der Waals surface area contributed by atoms with Crippen LogP contribution in [-0.2, 0) is 19.8 Å². The molecule has 2 aliphatic heterocycles. The minimum Gasteiger partial charge on any atom is -0.360 e. The largest absolute Gasteiger partial charge is 0.360 e. The van der Waals surface area contributed by atoms with Crippen molar-refractivity contribution in [1.82, 2.24) is 23.6 Å². The van der Waals surface area contributed by atoms with Crippen molar-refractivity contribution < 1.29 is 22.5 Å². The Morgan fingerprint density at radius 1 is 1.13 bits per heavy atom. The van der Waals surface area contributed by atoms with Gasteiger partial charge in [-0.15, -0.1) is 11.8 Å². The highest BCUT2D eigenvalue weighted by Crippen LogP contribution is 2.18. The summed E-state index contributed by atoms with van der Waals surface area (Å²) >= 11 is 1.24. The van der Waals surface area contributed by atoms with E-state index in [9.17, 15) is 18.0 Å². The molecule has 3 rings (SSSR count). The molecule has 1 aromatic rings. The number of carbonyl (C=O) groups is 2. The van der Waals surface area contributed by atoms with Gasteiger partial charge in [-0.1, -0.05) is 5.16 Å². The highest BCUT2D eigenvalue weighted by atomic mass is 32.2. The molecule has 1 N–H and O–H groups in total. The minimum absolute atomic E-state index is 0.0985. The number of thioether (sulfide) groups is 1. The second-order valence-electron chi connectivity index (χ2n) is 7.76. The molecule has 0 bridgehead atoms. The highest BCUT2D eigenvalue weighted by Gasteiger charge is 2.34. The summed E-state index contributed by atoms with van der Waals surface area (Å²) in [7, 11) is -1.51. The fraction of sp³-hybridized carbons (Fsp3) is 0.722. The van der Waals surface area contributed by atoms with Crippen LogP contribution in [0.3, 0.4) is 0 Å². The fourth-order valence-corrected chi connectivity index (χ4v) is 5.73. The number of nitrogens with one attached hydrogen (secondary N) is 1. The second-order valence-corrected chi connectivity index (χ2v) is 11.0. The molecule has 11 nitrogen and oxygen atoms in total. The Hall–Kier alpha value is -1.67. The third-order valence-electron chi connectivity index (χ3n) is 5.41. The summed E-state index contributed by atoms with van der Waals surface area (Å²) in [6.45, 7) is 7.14. The molecule has 0 spiro atoms. The van der Waals surface area contributed by atoms with Crippen molar-refractivity contribution in [2.45, 2.75) is 19.1 Å². The van der Waals surface area contributed by atoms with E-state index >= 15 is 0 Å². The van der Waals surface area contributed by atoms with Crippen LogP contribution in [0.1, 0.15) is 12.7 Å². The summed E-state index contributed by atoms with van der Waals surface area (Å²) in [6, 6.07) is 1.62. The first-order valence-electron chi connectivity index (χ1n) is 10.2. The Morgan fingerprint density at radius 2 is 1.71 bits per heavy atom. The van der Waals surface area contributed by atoms with Gasteiger partial charge in [0.15, 0.2) is 5.82 Å². The Bertz CT molecular complexity index is 876. The SMILES string of the molecule is Cc1cc(NC(=O)C(C)SCC(=O)N2CCN(S(=O)(=O)N3CCN(C)CC3)CC2)no1. The number of carbonyl (C=O) groups excluding carboxylic acids is 2. The van der Waals surface area contributed by atoms with Crippen molar-refractivity contribution in [1.29, 1.82) is 0 Å². The molecule has 0 radical (unpaired) electrons. The van der Waals surface area contributed by atoms with Crippen LogP contribution in [0.2, 0.25) is 0 Å². The molecule has 0 saturated carbocycles. The number of aryl methyl sites for hydroxylation is 1. The summed E-state index contributed by atoms with van der Waals surface area (Å²) in [4.78, 5) is 28.5. The smallest absolute Gasteiger partial charge is 0.282 e. The summed E-state index contributed by atoms with van der Waals surface area (Å²) in [5, 5.41) is 5.93. The number of aromatic nitrogens is 1. The third kappa shape index (κ3) is 6.19. The first-order chi connectivity index (χ1) is 14.7. The minimum atomic E-state index is -3.49. The van der Waals surface area contributed by atoms with Crippen LogP contribution in [-0.4, -0.2) is 114 Å². The summed E-state index contributed by atoms with van der Waals surface area (Å²) in [6.07, 6.45) is 0. The lowest BCUT2D eigenvalue weighted by Gasteiger charge is -2.39. The molecule has 1 atom stereocenters. The van der Waals surface area contributed by atoms with Gasteiger partial charge in [-0.2, -0.15) is 17.0 Å². The Kier molecular flexibility index (Phi) is 7.97. The number of piperazine rings is 2. The Balaban J connectivity index is 1.42. The van der Waals surface area contributed by atoms with E-state index in [4.69, 9.17) is 4.52 Å². The number of amides is 2. The van der Waals surface area contributed by atoms with Gasteiger partial charge in [-0.3, -0.25) is 9.59 Å². The van der Waals surface area contributed by atoms with Crippen LogP contribution in [0.4, 0.5) is 5.82 Å². The molecule has 174 valence electrons. The number of anilines is 1. The van der Waals surface area contributed by atoms with E-state index in [-0.39, 0.29) is 30.7 Å². The third-order valence-corrected chi connectivity index (χ3v) is 8.57. The van der Waals surface area contributed by atoms with Gasteiger partial charge >= 0.3 is 0 Å². The van der Waals surface area contributed by atoms with Gasteiger partial charge in [-0.25, -0.2) is 0 Å². The average molecular weight is 475 g/mol. The van der Waals surface area contributed by atoms with Gasteiger partial charge < -0.3 is 19.6 Å². The maximum absolute atomic E-state index is 12.8. The van der Waals surface area contributed by atoms with Crippen molar-refractivity contribution in [2.24, 2.45) is 0 Å². The van der Waals surface area contributed by atoms with Gasteiger partial charge in [0.1, 0.15) is 5.76 Å². The lowest BCUT2D eigenvalue weighted by molar-refractivity contribution is -0.129. The summed E-state index contributed by atoms with van der Waals surface area (Å²) < 4.78 is 33.6. The molecular weight excluding hydrogens is 444 g/mol. The lowest BCUT2D eigenvalue weighted by Crippen LogP contribution is -2.57. The zero-order valence-electron chi connectivity index (χ0n) is 18.1. The van der Waals surface area contributed by atoms with E-state index in [1.54, 1.807) is 24.8 Å². The van der Waals surface area contributed by atoms with Crippen LogP contribution in [0.5, 0.6) is 0 Å². The molecule has 3 heterocycles. The second kappa shape index (κ2) is 10.3. The molecule has 2 aliphatic rings. The highest BCUT2D eigenvalue weighted by molar-refractivity contribution is 8.01. The van der Waals surface area contributed by atoms with E-state index in [1.807, 2.05) is 7.05 Å². The van der Waals surface area contributed by atoms with Crippen LogP contribution in [0.15, 0.2) is 10.6 Å². The Labute approximate surface area is 187 Å². The first-order valence-corrected chi connectivity index (χ1v) is 12.7. The standard InChI is InChI=1S/C18H30N6O5S2/c1-14-12-16(20-29-14)19-18(26)15(2)30-13-17(25)22-6-10-24(11-7-22)31(27,28)23-8-4-21(3)5-9-23/h12,15H,4-11,13H2,1-3H3,(H,19,20,26). The van der Waals surface area contributed by atoms with E-state index in [2.05, 4.69) is 15.4 Å². The first kappa shape index (κ1) is 24.0. The van der Waals surface area contributed by atoms with Crippen molar-refractivity contribution in [3.8, 4) is 0 Å². The predicted octanol–water partition coefficient (Wildman–Crippen LogP) is -0.320. The van der Waals surface area contributed by atoms with Crippen molar-refractivity contribution in [3.63, 3.8) is 0 Å². The molecule has 1 aromatic heterocycles. The quantitative estimate of drug-likeness (QED) is 0.571. The van der Waals surface area contributed by atoms with Gasteiger partial charge in [0.2, 0.25) is 11.8 Å². The molecule has 2 fully saturated rings. The van der Waals surface area contributed by atoms with Crippen molar-refractivity contribution in [3.05, 3.63) is 11.8 Å². The van der Waals surface area contributed by atoms with Crippen LogP contribution in [0.25, 0.3) is 0 Å². The van der Waals surface area contributed by atoms with E-state index in [0.29, 0.717) is 37.8 Å². The maximum Gasteiger partial charge on any atom is 0.282 e. The monoisotopic (exact) mass is 474 g/mol. The summed E-state index contributed by atoms with van der Waals surface area (Å²) in [5.74, 6) is 0.740. The topological polar surface area (TPSA) is 119 Å². The number of nitrogens with zero attached hydrogens (tertiary/aromatic N) is 5. The molecule has 1 unspecified atom stereocenters. The molecular formula is C18H30N6O5S2. The van der Waals surface area contributed by atoms with Gasteiger partial charge in [0.05, 0.1) is 11.0 Å². The van der Waals surface area contributed by atoms with E-state index < -0.39 is 15.5 Å². The summed E-state index contributed by atoms with van der Waals surface area (Å²) in [5.41, 5.74) is 0. The van der Waals surface area contributed by atoms with Gasteiger partial charge in [-0.05, 0) is 20.9 Å². The molecule has 13 heteroatoms. The van der Waals surface area contributed by atoms with Crippen LogP contribution < -0.4 is 5.32 Å². The number of hydrogen-bond acceptors (Lipinski definition) is 8. The Morgan fingerprint density at radius 3 is 2.26 bits per heavy atom. The normalized spacial score (nSPS) is 20.5. The molecule has 2 saturated heterocycles. The zero-order chi connectivity index (χ0) is 22.6. The number of likely N-dealkylation sites (N-methyl/N-ethyl adjacent to an activating group) is 1. The predicted molar refractivity (Wildman–Crippen MR) is 118 cm³/mol. The molecule has 0 aromatic carbocycles. The number of hydrogen-bond donors (Lipinski definition) is 1. The molecule has 0 aliphatic carbocycles. The van der Waals surface area contributed by atoms with E-state index in [0.717, 1.165) is 13.1 Å². The molecule has 31 heavy (non-hydrogen) atoms. The maximum atomic E-state index is 12.8. The van der Waals surface area contributed by atoms with Crippen molar-refractivity contribution in [2.75, 3.05) is 70.5 Å². The zero-order valence-corrected chi connectivity index (χ0v) is 19.7. The van der Waals surface area contributed by atoms with Gasteiger partial charge in [0, 0.05) is 58.4 Å². The lowest BCUT2D eigenvalue weighted by atomic mass is 10.3. The number of rotatable bonds is 7. The molecule has 2 amide bonds. The average Bonchev–Trinajstić information content (AvgIpc) is 3.16.